The molecule has 0 saturated carbocycles. The highest BCUT2D eigenvalue weighted by Crippen LogP contribution is 2.34. The third kappa shape index (κ3) is 3.86. The average Bonchev–Trinajstić information content (AvgIpc) is 3.35. The van der Waals surface area contributed by atoms with E-state index in [-0.39, 0.29) is 10.8 Å². The summed E-state index contributed by atoms with van der Waals surface area (Å²) in [6.45, 7) is 10.1. The fourth-order valence-corrected chi connectivity index (χ4v) is 6.41. The molecule has 160 valence electrons. The van der Waals surface area contributed by atoms with E-state index >= 15 is 0 Å². The van der Waals surface area contributed by atoms with Gasteiger partial charge in [0, 0.05) is 41.0 Å². The summed E-state index contributed by atoms with van der Waals surface area (Å²) in [7, 11) is -3.64. The van der Waals surface area contributed by atoms with E-state index in [1.165, 1.54) is 9.18 Å². The lowest BCUT2D eigenvalue weighted by Gasteiger charge is -2.17. The standard InChI is InChI=1S/C20H25N5O3S2/c1-11-8-17(23-20-22-12(2)15(5)29-20)9-18(21-11)16-6-7-25(10-16)30(26,27)19-13(3)24-28-14(19)4/h8-9,16H,6-7,10H2,1-5H3,(H,21,22,23)/t16-/m1/s1. The second-order valence-corrected chi connectivity index (χ2v) is 10.8. The smallest absolute Gasteiger partial charge is 0.248 e. The zero-order valence-corrected chi connectivity index (χ0v) is 19.3. The minimum Gasteiger partial charge on any atom is -0.360 e. The third-order valence-corrected chi connectivity index (χ3v) is 8.49. The van der Waals surface area contributed by atoms with E-state index in [9.17, 15) is 8.42 Å². The summed E-state index contributed by atoms with van der Waals surface area (Å²) in [6, 6.07) is 3.97. The van der Waals surface area contributed by atoms with Crippen LogP contribution >= 0.6 is 11.3 Å². The SMILES string of the molecule is Cc1cc(Nc2nc(C)c(C)s2)cc([C@@H]2CCN(S(=O)(=O)c3c(C)noc3C)C2)n1. The molecule has 0 unspecified atom stereocenters. The maximum atomic E-state index is 13.1. The zero-order valence-electron chi connectivity index (χ0n) is 17.7. The number of aromatic nitrogens is 3. The molecular formula is C20H25N5O3S2. The maximum Gasteiger partial charge on any atom is 0.248 e. The van der Waals surface area contributed by atoms with Crippen LogP contribution in [0, 0.1) is 34.6 Å². The number of aryl methyl sites for hydroxylation is 5. The molecule has 30 heavy (non-hydrogen) atoms. The molecule has 0 radical (unpaired) electrons. The van der Waals surface area contributed by atoms with E-state index in [1.807, 2.05) is 32.9 Å². The molecule has 0 aliphatic carbocycles. The van der Waals surface area contributed by atoms with Crippen molar-refractivity contribution in [1.29, 1.82) is 0 Å². The van der Waals surface area contributed by atoms with E-state index in [0.717, 1.165) is 27.9 Å². The van der Waals surface area contributed by atoms with Gasteiger partial charge >= 0.3 is 0 Å². The van der Waals surface area contributed by atoms with Crippen molar-refractivity contribution in [1.82, 2.24) is 19.4 Å². The normalized spacial score (nSPS) is 17.6. The van der Waals surface area contributed by atoms with Crippen molar-refractivity contribution in [2.24, 2.45) is 0 Å². The number of hydrogen-bond acceptors (Lipinski definition) is 8. The van der Waals surface area contributed by atoms with Crippen LogP contribution < -0.4 is 5.32 Å². The molecule has 3 aromatic heterocycles. The minimum absolute atomic E-state index is 0.0282. The Balaban J connectivity index is 1.56. The van der Waals surface area contributed by atoms with Gasteiger partial charge in [-0.3, -0.25) is 4.98 Å². The Morgan fingerprint density at radius 2 is 1.90 bits per heavy atom. The summed E-state index contributed by atoms with van der Waals surface area (Å²) < 4.78 is 32.8. The van der Waals surface area contributed by atoms with Crippen LogP contribution in [0.2, 0.25) is 0 Å². The van der Waals surface area contributed by atoms with Crippen molar-refractivity contribution in [2.75, 3.05) is 18.4 Å². The highest BCUT2D eigenvalue weighted by atomic mass is 32.2. The first-order valence-corrected chi connectivity index (χ1v) is 12.0. The lowest BCUT2D eigenvalue weighted by atomic mass is 10.0. The van der Waals surface area contributed by atoms with Crippen LogP contribution in [0.3, 0.4) is 0 Å². The quantitative estimate of drug-likeness (QED) is 0.631. The van der Waals surface area contributed by atoms with Gasteiger partial charge in [-0.2, -0.15) is 4.31 Å². The Kier molecular flexibility index (Phi) is 5.41. The highest BCUT2D eigenvalue weighted by Gasteiger charge is 2.37. The van der Waals surface area contributed by atoms with Crippen LogP contribution in [0.5, 0.6) is 0 Å². The van der Waals surface area contributed by atoms with E-state index in [2.05, 4.69) is 20.4 Å². The molecule has 0 aromatic carbocycles. The van der Waals surface area contributed by atoms with Crippen LogP contribution in [0.1, 0.15) is 45.8 Å². The van der Waals surface area contributed by atoms with Gasteiger partial charge in [0.25, 0.3) is 0 Å². The predicted octanol–water partition coefficient (Wildman–Crippen LogP) is 3.99. The molecule has 3 aromatic rings. The second kappa shape index (κ2) is 7.75. The van der Waals surface area contributed by atoms with E-state index < -0.39 is 10.0 Å². The van der Waals surface area contributed by atoms with E-state index in [0.29, 0.717) is 31.0 Å². The average molecular weight is 448 g/mol. The van der Waals surface area contributed by atoms with Crippen molar-refractivity contribution in [2.45, 2.75) is 51.9 Å². The number of nitrogens with one attached hydrogen (secondary N) is 1. The molecule has 4 heterocycles. The Labute approximate surface area is 180 Å². The maximum absolute atomic E-state index is 13.1. The van der Waals surface area contributed by atoms with Crippen molar-refractivity contribution in [3.63, 3.8) is 0 Å². The lowest BCUT2D eigenvalue weighted by Crippen LogP contribution is -2.29. The minimum atomic E-state index is -3.64. The summed E-state index contributed by atoms with van der Waals surface area (Å²) in [5.41, 5.74) is 4.10. The summed E-state index contributed by atoms with van der Waals surface area (Å²) in [5, 5.41) is 8.00. The topological polar surface area (TPSA) is 101 Å². The number of rotatable bonds is 5. The van der Waals surface area contributed by atoms with Crippen molar-refractivity contribution >= 4 is 32.2 Å². The summed E-state index contributed by atoms with van der Waals surface area (Å²) in [6.07, 6.45) is 0.716. The van der Waals surface area contributed by atoms with Crippen LogP contribution in [0.4, 0.5) is 10.8 Å². The molecule has 4 rings (SSSR count). The van der Waals surface area contributed by atoms with Gasteiger partial charge in [-0.15, -0.1) is 11.3 Å². The molecule has 1 atom stereocenters. The number of hydrogen-bond donors (Lipinski definition) is 1. The molecule has 1 aliphatic rings. The van der Waals surface area contributed by atoms with E-state index in [1.54, 1.807) is 25.2 Å². The van der Waals surface area contributed by atoms with Gasteiger partial charge in [-0.25, -0.2) is 13.4 Å². The molecule has 0 bridgehead atoms. The molecule has 0 amide bonds. The van der Waals surface area contributed by atoms with Gasteiger partial charge in [-0.05, 0) is 53.2 Å². The van der Waals surface area contributed by atoms with Crippen molar-refractivity contribution in [3.8, 4) is 0 Å². The highest BCUT2D eigenvalue weighted by molar-refractivity contribution is 7.89. The van der Waals surface area contributed by atoms with Crippen LogP contribution in [-0.4, -0.2) is 40.9 Å². The molecular weight excluding hydrogens is 422 g/mol. The van der Waals surface area contributed by atoms with Gasteiger partial charge in [0.1, 0.15) is 10.6 Å². The molecule has 0 spiro atoms. The monoisotopic (exact) mass is 447 g/mol. The number of pyridine rings is 1. The van der Waals surface area contributed by atoms with Gasteiger partial charge in [0.05, 0.1) is 5.69 Å². The third-order valence-electron chi connectivity index (χ3n) is 5.39. The summed E-state index contributed by atoms with van der Waals surface area (Å²) in [5.74, 6) is 0.352. The molecule has 10 heteroatoms. The fourth-order valence-electron chi connectivity index (χ4n) is 3.79. The number of thiazole rings is 1. The first kappa shape index (κ1) is 21.0. The second-order valence-electron chi connectivity index (χ2n) is 7.71. The number of nitrogens with zero attached hydrogens (tertiary/aromatic N) is 4. The first-order chi connectivity index (χ1) is 14.1. The molecule has 1 saturated heterocycles. The Morgan fingerprint density at radius 1 is 1.13 bits per heavy atom. The van der Waals surface area contributed by atoms with Crippen molar-refractivity contribution in [3.05, 3.63) is 45.5 Å². The molecule has 1 fully saturated rings. The van der Waals surface area contributed by atoms with Crippen LogP contribution in [0.25, 0.3) is 0 Å². The summed E-state index contributed by atoms with van der Waals surface area (Å²) in [4.78, 5) is 10.6. The van der Waals surface area contributed by atoms with Gasteiger partial charge in [-0.1, -0.05) is 5.16 Å². The van der Waals surface area contributed by atoms with Crippen LogP contribution in [0.15, 0.2) is 21.6 Å². The van der Waals surface area contributed by atoms with Crippen molar-refractivity contribution < 1.29 is 12.9 Å². The molecule has 8 nitrogen and oxygen atoms in total. The fraction of sp³-hybridized carbons (Fsp3) is 0.450. The Hall–Kier alpha value is -2.30. The molecule has 1 N–H and O–H groups in total. The van der Waals surface area contributed by atoms with Crippen LogP contribution in [-0.2, 0) is 10.0 Å². The number of anilines is 2. The number of sulfonamides is 1. The zero-order chi connectivity index (χ0) is 21.6. The largest absolute Gasteiger partial charge is 0.360 e. The Bertz CT molecular complexity index is 1160. The van der Waals surface area contributed by atoms with Gasteiger partial charge in [0.2, 0.25) is 10.0 Å². The van der Waals surface area contributed by atoms with Gasteiger partial charge in [0.15, 0.2) is 10.9 Å². The first-order valence-electron chi connectivity index (χ1n) is 9.78. The Morgan fingerprint density at radius 3 is 2.53 bits per heavy atom. The lowest BCUT2D eigenvalue weighted by molar-refractivity contribution is 0.389. The summed E-state index contributed by atoms with van der Waals surface area (Å²) >= 11 is 1.61. The predicted molar refractivity (Wildman–Crippen MR) is 116 cm³/mol. The van der Waals surface area contributed by atoms with E-state index in [4.69, 9.17) is 4.52 Å². The van der Waals surface area contributed by atoms with Gasteiger partial charge < -0.3 is 9.84 Å². The molecule has 1 aliphatic heterocycles.